The van der Waals surface area contributed by atoms with E-state index in [2.05, 4.69) is 30.1 Å². The van der Waals surface area contributed by atoms with Gasteiger partial charge in [-0.2, -0.15) is 0 Å². The number of carbonyl (C=O) groups excluding carboxylic acids is 2. The first kappa shape index (κ1) is 19.0. The van der Waals surface area contributed by atoms with E-state index in [0.717, 1.165) is 48.7 Å². The van der Waals surface area contributed by atoms with E-state index < -0.39 is 0 Å². The molecule has 1 aliphatic rings. The van der Waals surface area contributed by atoms with Crippen molar-refractivity contribution < 1.29 is 9.59 Å². The summed E-state index contributed by atoms with van der Waals surface area (Å²) in [6.45, 7) is 8.88. The van der Waals surface area contributed by atoms with Gasteiger partial charge in [0, 0.05) is 48.7 Å². The van der Waals surface area contributed by atoms with Crippen molar-refractivity contribution in [2.75, 3.05) is 34.8 Å². The second-order valence-electron chi connectivity index (χ2n) is 6.82. The van der Waals surface area contributed by atoms with Crippen molar-refractivity contribution in [3.8, 4) is 0 Å². The molecule has 0 saturated carbocycles. The van der Waals surface area contributed by atoms with Gasteiger partial charge in [-0.05, 0) is 69.2 Å². The number of nitrogens with one attached hydrogen (secondary N) is 1. The SMILES string of the molecule is CCN(CC)c1ccc(NC(=O)c2cccc(N3CCCC3=O)c2)c(C)c1. The van der Waals surface area contributed by atoms with E-state index in [0.29, 0.717) is 12.0 Å². The minimum Gasteiger partial charge on any atom is -0.372 e. The molecular formula is C22H27N3O2. The molecule has 0 aromatic heterocycles. The van der Waals surface area contributed by atoms with Gasteiger partial charge in [0.15, 0.2) is 0 Å². The number of aryl methyl sites for hydroxylation is 1. The van der Waals surface area contributed by atoms with Gasteiger partial charge in [0.05, 0.1) is 0 Å². The number of benzene rings is 2. The number of hydrogen-bond acceptors (Lipinski definition) is 3. The summed E-state index contributed by atoms with van der Waals surface area (Å²) in [7, 11) is 0. The highest BCUT2D eigenvalue weighted by Crippen LogP contribution is 2.25. The standard InChI is InChI=1S/C22H27N3O2/c1-4-24(5-2)18-11-12-20(16(3)14-18)23-22(27)17-8-6-9-19(15-17)25-13-7-10-21(25)26/h6,8-9,11-12,14-15H,4-5,7,10,13H2,1-3H3,(H,23,27). The molecule has 2 amide bonds. The summed E-state index contributed by atoms with van der Waals surface area (Å²) in [6, 6.07) is 13.4. The topological polar surface area (TPSA) is 52.7 Å². The number of carbonyl (C=O) groups is 2. The molecule has 27 heavy (non-hydrogen) atoms. The molecule has 5 nitrogen and oxygen atoms in total. The maximum absolute atomic E-state index is 12.7. The van der Waals surface area contributed by atoms with Crippen LogP contribution in [0.2, 0.25) is 0 Å². The van der Waals surface area contributed by atoms with Gasteiger partial charge < -0.3 is 15.1 Å². The third-order valence-electron chi connectivity index (χ3n) is 5.08. The summed E-state index contributed by atoms with van der Waals surface area (Å²) >= 11 is 0. The molecule has 1 aliphatic heterocycles. The summed E-state index contributed by atoms with van der Waals surface area (Å²) in [5.41, 5.74) is 4.33. The molecular weight excluding hydrogens is 338 g/mol. The largest absolute Gasteiger partial charge is 0.372 e. The lowest BCUT2D eigenvalue weighted by Crippen LogP contribution is -2.24. The van der Waals surface area contributed by atoms with Crippen LogP contribution in [-0.2, 0) is 4.79 Å². The zero-order valence-electron chi connectivity index (χ0n) is 16.3. The fraction of sp³-hybridized carbons (Fsp3) is 0.364. The third-order valence-corrected chi connectivity index (χ3v) is 5.08. The van der Waals surface area contributed by atoms with Crippen LogP contribution < -0.4 is 15.1 Å². The molecule has 0 aliphatic carbocycles. The Hall–Kier alpha value is -2.82. The molecule has 0 spiro atoms. The van der Waals surface area contributed by atoms with E-state index >= 15 is 0 Å². The van der Waals surface area contributed by atoms with Crippen LogP contribution in [0.15, 0.2) is 42.5 Å². The molecule has 1 saturated heterocycles. The zero-order valence-corrected chi connectivity index (χ0v) is 16.3. The van der Waals surface area contributed by atoms with Crippen LogP contribution >= 0.6 is 0 Å². The van der Waals surface area contributed by atoms with Gasteiger partial charge in [-0.25, -0.2) is 0 Å². The minimum absolute atomic E-state index is 0.121. The molecule has 1 N–H and O–H groups in total. The van der Waals surface area contributed by atoms with E-state index in [1.807, 2.05) is 31.2 Å². The van der Waals surface area contributed by atoms with Gasteiger partial charge in [-0.3, -0.25) is 9.59 Å². The molecule has 2 aromatic carbocycles. The van der Waals surface area contributed by atoms with Gasteiger partial charge in [-0.15, -0.1) is 0 Å². The zero-order chi connectivity index (χ0) is 19.4. The number of nitrogens with zero attached hydrogens (tertiary/aromatic N) is 2. The number of hydrogen-bond donors (Lipinski definition) is 1. The van der Waals surface area contributed by atoms with E-state index in [9.17, 15) is 9.59 Å². The monoisotopic (exact) mass is 365 g/mol. The van der Waals surface area contributed by atoms with E-state index in [4.69, 9.17) is 0 Å². The van der Waals surface area contributed by atoms with Crippen molar-refractivity contribution in [1.29, 1.82) is 0 Å². The van der Waals surface area contributed by atoms with Gasteiger partial charge in [0.1, 0.15) is 0 Å². The van der Waals surface area contributed by atoms with E-state index in [1.54, 1.807) is 17.0 Å². The highest BCUT2D eigenvalue weighted by atomic mass is 16.2. The lowest BCUT2D eigenvalue weighted by Gasteiger charge is -2.22. The Morgan fingerprint density at radius 3 is 2.56 bits per heavy atom. The van der Waals surface area contributed by atoms with Crippen LogP contribution in [0.1, 0.15) is 42.6 Å². The van der Waals surface area contributed by atoms with Gasteiger partial charge in [0.2, 0.25) is 5.91 Å². The van der Waals surface area contributed by atoms with Gasteiger partial charge in [-0.1, -0.05) is 6.07 Å². The molecule has 1 heterocycles. The van der Waals surface area contributed by atoms with Crippen LogP contribution in [0.5, 0.6) is 0 Å². The smallest absolute Gasteiger partial charge is 0.255 e. The van der Waals surface area contributed by atoms with Crippen LogP contribution in [0.25, 0.3) is 0 Å². The van der Waals surface area contributed by atoms with Crippen molar-refractivity contribution in [1.82, 2.24) is 0 Å². The fourth-order valence-electron chi connectivity index (χ4n) is 3.50. The van der Waals surface area contributed by atoms with Crippen LogP contribution in [0.3, 0.4) is 0 Å². The Morgan fingerprint density at radius 1 is 1.15 bits per heavy atom. The first-order chi connectivity index (χ1) is 13.0. The summed E-state index contributed by atoms with van der Waals surface area (Å²) in [4.78, 5) is 28.7. The summed E-state index contributed by atoms with van der Waals surface area (Å²) < 4.78 is 0. The Kier molecular flexibility index (Phi) is 5.79. The predicted molar refractivity (Wildman–Crippen MR) is 111 cm³/mol. The molecule has 0 radical (unpaired) electrons. The van der Waals surface area contributed by atoms with Gasteiger partial charge in [0.25, 0.3) is 5.91 Å². The molecule has 0 atom stereocenters. The number of anilines is 3. The molecule has 1 fully saturated rings. The maximum Gasteiger partial charge on any atom is 0.255 e. The highest BCUT2D eigenvalue weighted by Gasteiger charge is 2.22. The van der Waals surface area contributed by atoms with Crippen LogP contribution in [-0.4, -0.2) is 31.4 Å². The first-order valence-electron chi connectivity index (χ1n) is 9.60. The van der Waals surface area contributed by atoms with Crippen molar-refractivity contribution >= 4 is 28.9 Å². The predicted octanol–water partition coefficient (Wildman–Crippen LogP) is 4.22. The minimum atomic E-state index is -0.165. The van der Waals surface area contributed by atoms with Crippen molar-refractivity contribution in [2.24, 2.45) is 0 Å². The van der Waals surface area contributed by atoms with Gasteiger partial charge >= 0.3 is 0 Å². The molecule has 3 rings (SSSR count). The molecule has 142 valence electrons. The second-order valence-corrected chi connectivity index (χ2v) is 6.82. The van der Waals surface area contributed by atoms with Crippen LogP contribution in [0, 0.1) is 6.92 Å². The fourth-order valence-corrected chi connectivity index (χ4v) is 3.50. The molecule has 5 heteroatoms. The quantitative estimate of drug-likeness (QED) is 0.834. The second kappa shape index (κ2) is 8.25. The molecule has 2 aromatic rings. The highest BCUT2D eigenvalue weighted by molar-refractivity contribution is 6.06. The van der Waals surface area contributed by atoms with E-state index in [-0.39, 0.29) is 11.8 Å². The third kappa shape index (κ3) is 4.13. The lowest BCUT2D eigenvalue weighted by atomic mass is 10.1. The normalized spacial score (nSPS) is 13.7. The summed E-state index contributed by atoms with van der Waals surface area (Å²) in [6.07, 6.45) is 1.45. The number of amides is 2. The average molecular weight is 365 g/mol. The lowest BCUT2D eigenvalue weighted by molar-refractivity contribution is -0.117. The molecule has 0 unspecified atom stereocenters. The van der Waals surface area contributed by atoms with Crippen molar-refractivity contribution in [2.45, 2.75) is 33.6 Å². The Bertz CT molecular complexity index is 843. The average Bonchev–Trinajstić information content (AvgIpc) is 3.11. The Morgan fingerprint density at radius 2 is 1.93 bits per heavy atom. The van der Waals surface area contributed by atoms with E-state index in [1.165, 1.54) is 0 Å². The first-order valence-corrected chi connectivity index (χ1v) is 9.60. The molecule has 0 bridgehead atoms. The van der Waals surface area contributed by atoms with Crippen LogP contribution in [0.4, 0.5) is 17.1 Å². The van der Waals surface area contributed by atoms with Crippen molar-refractivity contribution in [3.63, 3.8) is 0 Å². The Balaban J connectivity index is 1.76. The number of rotatable bonds is 6. The Labute approximate surface area is 161 Å². The summed E-state index contributed by atoms with van der Waals surface area (Å²) in [5.74, 6) is -0.0439. The maximum atomic E-state index is 12.7. The van der Waals surface area contributed by atoms with Crippen molar-refractivity contribution in [3.05, 3.63) is 53.6 Å². The summed E-state index contributed by atoms with van der Waals surface area (Å²) in [5, 5.41) is 3.00.